The molecule has 0 aromatic carbocycles. The first-order chi connectivity index (χ1) is 12.4. The highest BCUT2D eigenvalue weighted by molar-refractivity contribution is 5.95. The van der Waals surface area contributed by atoms with E-state index < -0.39 is 52.1 Å². The second-order valence-electron chi connectivity index (χ2n) is 9.18. The van der Waals surface area contributed by atoms with Crippen molar-refractivity contribution in [2.75, 3.05) is 6.61 Å². The molecule has 1 heterocycles. The first-order valence-electron chi connectivity index (χ1n) is 9.56. The largest absolute Gasteiger partial charge is 0.436 e. The molecule has 7 atom stereocenters. The Morgan fingerprint density at radius 2 is 1.96 bits per heavy atom. The van der Waals surface area contributed by atoms with Gasteiger partial charge in [0.05, 0.1) is 23.7 Å². The second-order valence-corrected chi connectivity index (χ2v) is 9.18. The first kappa shape index (κ1) is 19.1. The summed E-state index contributed by atoms with van der Waals surface area (Å²) < 4.78 is 11.0. The van der Waals surface area contributed by atoms with Crippen LogP contribution in [0.5, 0.6) is 0 Å². The fourth-order valence-electron chi connectivity index (χ4n) is 6.67. The van der Waals surface area contributed by atoms with Crippen LogP contribution in [0.3, 0.4) is 0 Å². The van der Waals surface area contributed by atoms with Crippen LogP contribution in [0.1, 0.15) is 53.4 Å². The molecule has 27 heavy (non-hydrogen) atoms. The second kappa shape index (κ2) is 5.41. The summed E-state index contributed by atoms with van der Waals surface area (Å²) in [4.78, 5) is 24.7. The van der Waals surface area contributed by atoms with Crippen molar-refractivity contribution in [1.29, 1.82) is 0 Å². The van der Waals surface area contributed by atoms with E-state index in [4.69, 9.17) is 9.47 Å². The Labute approximate surface area is 158 Å². The lowest BCUT2D eigenvalue weighted by Crippen LogP contribution is -2.83. The van der Waals surface area contributed by atoms with Crippen molar-refractivity contribution in [1.82, 2.24) is 0 Å². The molecule has 3 aliphatic carbocycles. The van der Waals surface area contributed by atoms with Crippen LogP contribution in [0, 0.1) is 16.2 Å². The minimum atomic E-state index is -1.36. The van der Waals surface area contributed by atoms with Crippen LogP contribution < -0.4 is 0 Å². The SMILES string of the molecule is CC(=O)OC1CC(O)C2(C)C(=O)C(O)C3=C(C)CCC4(O)CC2(CO1)[C@@]34C. The van der Waals surface area contributed by atoms with Gasteiger partial charge in [0, 0.05) is 24.2 Å². The maximum Gasteiger partial charge on any atom is 0.304 e. The molecule has 0 amide bonds. The maximum atomic E-state index is 13.4. The molecule has 0 aromatic rings. The molecule has 4 rings (SSSR count). The average molecular weight is 380 g/mol. The van der Waals surface area contributed by atoms with Crippen LogP contribution in [0.25, 0.3) is 0 Å². The fraction of sp³-hybridized carbons (Fsp3) is 0.800. The van der Waals surface area contributed by atoms with E-state index in [1.165, 1.54) is 6.92 Å². The minimum Gasteiger partial charge on any atom is -0.436 e. The number of allylic oxidation sites excluding steroid dienone is 1. The van der Waals surface area contributed by atoms with E-state index in [9.17, 15) is 24.9 Å². The average Bonchev–Trinajstić information content (AvgIpc) is 2.68. The standard InChI is InChI=1S/C20H28O7/c1-10-5-6-20(25)8-19-9-26-13(27-11(2)21)7-12(22)17(19,3)16(24)15(23)14(10)18(19,20)4/h12-13,15,22-23,25H,5-9H2,1-4H3/t12?,13?,15?,17?,18-,19?,20?/m1/s1. The van der Waals surface area contributed by atoms with Crippen molar-refractivity contribution < 1.29 is 34.4 Å². The number of aliphatic hydroxyl groups is 3. The number of ether oxygens (including phenoxy) is 2. The molecule has 1 saturated heterocycles. The van der Waals surface area contributed by atoms with E-state index in [0.717, 1.165) is 5.57 Å². The van der Waals surface area contributed by atoms with E-state index in [2.05, 4.69) is 0 Å². The molecule has 7 heteroatoms. The Morgan fingerprint density at radius 3 is 2.59 bits per heavy atom. The number of carbonyl (C=O) groups is 2. The topological polar surface area (TPSA) is 113 Å². The molecule has 0 aromatic heterocycles. The van der Waals surface area contributed by atoms with Crippen LogP contribution in [0.2, 0.25) is 0 Å². The molecular weight excluding hydrogens is 352 g/mol. The summed E-state index contributed by atoms with van der Waals surface area (Å²) in [6.45, 7) is 6.75. The predicted octanol–water partition coefficient (Wildman–Crippen LogP) is 0.844. The van der Waals surface area contributed by atoms with Crippen molar-refractivity contribution >= 4 is 11.8 Å². The molecule has 150 valence electrons. The van der Waals surface area contributed by atoms with Crippen LogP contribution in [0.4, 0.5) is 0 Å². The van der Waals surface area contributed by atoms with Crippen molar-refractivity contribution in [3.8, 4) is 0 Å². The zero-order valence-corrected chi connectivity index (χ0v) is 16.2. The zero-order chi connectivity index (χ0) is 20.0. The van der Waals surface area contributed by atoms with E-state index >= 15 is 0 Å². The highest BCUT2D eigenvalue weighted by Crippen LogP contribution is 2.79. The molecule has 0 radical (unpaired) electrons. The molecule has 3 fully saturated rings. The number of carbonyl (C=O) groups excluding carboxylic acids is 2. The van der Waals surface area contributed by atoms with Gasteiger partial charge in [0.25, 0.3) is 0 Å². The van der Waals surface area contributed by atoms with Gasteiger partial charge in [0.1, 0.15) is 6.10 Å². The summed E-state index contributed by atoms with van der Waals surface area (Å²) in [5.41, 5.74) is -2.66. The molecule has 0 bridgehead atoms. The molecular formula is C20H28O7. The van der Waals surface area contributed by atoms with E-state index in [0.29, 0.717) is 24.8 Å². The lowest BCUT2D eigenvalue weighted by Gasteiger charge is -2.77. The zero-order valence-electron chi connectivity index (χ0n) is 16.2. The Bertz CT molecular complexity index is 759. The Morgan fingerprint density at radius 1 is 1.30 bits per heavy atom. The van der Waals surface area contributed by atoms with Gasteiger partial charge in [-0.25, -0.2) is 0 Å². The molecule has 7 nitrogen and oxygen atoms in total. The van der Waals surface area contributed by atoms with Gasteiger partial charge in [-0.3, -0.25) is 9.59 Å². The summed E-state index contributed by atoms with van der Waals surface area (Å²) in [5, 5.41) is 33.4. The number of aliphatic hydroxyl groups excluding tert-OH is 2. The Balaban J connectivity index is 1.90. The van der Waals surface area contributed by atoms with Gasteiger partial charge in [-0.1, -0.05) is 12.5 Å². The highest BCUT2D eigenvalue weighted by atomic mass is 16.7. The van der Waals surface area contributed by atoms with Gasteiger partial charge >= 0.3 is 5.97 Å². The summed E-state index contributed by atoms with van der Waals surface area (Å²) in [6, 6.07) is 0. The quantitative estimate of drug-likeness (QED) is 0.456. The highest BCUT2D eigenvalue weighted by Gasteiger charge is 2.84. The van der Waals surface area contributed by atoms with E-state index in [1.807, 2.05) is 13.8 Å². The molecule has 2 saturated carbocycles. The van der Waals surface area contributed by atoms with Crippen molar-refractivity contribution in [3.63, 3.8) is 0 Å². The minimum absolute atomic E-state index is 0.0527. The molecule has 1 spiro atoms. The summed E-state index contributed by atoms with van der Waals surface area (Å²) in [6.07, 6.45) is -2.08. The lowest BCUT2D eigenvalue weighted by molar-refractivity contribution is -0.321. The Kier molecular flexibility index (Phi) is 3.82. The van der Waals surface area contributed by atoms with E-state index in [1.54, 1.807) is 6.92 Å². The van der Waals surface area contributed by atoms with Gasteiger partial charge in [-0.05, 0) is 38.7 Å². The normalized spacial score (nSPS) is 51.7. The summed E-state index contributed by atoms with van der Waals surface area (Å²) in [5.74, 6) is -0.977. The molecule has 3 N–H and O–H groups in total. The van der Waals surface area contributed by atoms with Crippen LogP contribution >= 0.6 is 0 Å². The molecule has 1 aliphatic heterocycles. The van der Waals surface area contributed by atoms with Crippen LogP contribution in [-0.4, -0.2) is 57.8 Å². The molecule has 6 unspecified atom stereocenters. The van der Waals surface area contributed by atoms with Gasteiger partial charge in [0.2, 0.25) is 6.29 Å². The fourth-order valence-corrected chi connectivity index (χ4v) is 6.67. The summed E-state index contributed by atoms with van der Waals surface area (Å²) in [7, 11) is 0. The van der Waals surface area contributed by atoms with Gasteiger partial charge in [-0.2, -0.15) is 0 Å². The number of esters is 1. The maximum absolute atomic E-state index is 13.4. The molecule has 4 aliphatic rings. The number of rotatable bonds is 1. The third kappa shape index (κ3) is 1.91. The third-order valence-electron chi connectivity index (χ3n) is 8.32. The number of hydrogen-bond donors (Lipinski definition) is 3. The van der Waals surface area contributed by atoms with Crippen molar-refractivity contribution in [2.45, 2.75) is 77.5 Å². The predicted molar refractivity (Wildman–Crippen MR) is 93.3 cm³/mol. The first-order valence-corrected chi connectivity index (χ1v) is 9.56. The van der Waals surface area contributed by atoms with Crippen LogP contribution in [0.15, 0.2) is 11.1 Å². The van der Waals surface area contributed by atoms with Crippen LogP contribution in [-0.2, 0) is 19.1 Å². The smallest absolute Gasteiger partial charge is 0.304 e. The van der Waals surface area contributed by atoms with Crippen molar-refractivity contribution in [2.24, 2.45) is 16.2 Å². The third-order valence-corrected chi connectivity index (χ3v) is 8.32. The van der Waals surface area contributed by atoms with Gasteiger partial charge < -0.3 is 24.8 Å². The number of ketones is 1. The summed E-state index contributed by atoms with van der Waals surface area (Å²) >= 11 is 0. The Hall–Kier alpha value is -1.28. The van der Waals surface area contributed by atoms with Gasteiger partial charge in [-0.15, -0.1) is 0 Å². The number of Topliss-reactive ketones (excluding diaryl/α,β-unsaturated/α-hetero) is 1. The van der Waals surface area contributed by atoms with Gasteiger partial charge in [0.15, 0.2) is 5.78 Å². The monoisotopic (exact) mass is 380 g/mol. The lowest BCUT2D eigenvalue weighted by atomic mass is 9.27. The number of hydrogen-bond acceptors (Lipinski definition) is 7. The van der Waals surface area contributed by atoms with E-state index in [-0.39, 0.29) is 13.0 Å². The van der Waals surface area contributed by atoms with Crippen molar-refractivity contribution in [3.05, 3.63) is 11.1 Å².